The standard InChI is InChI=1S/C26H32O3P2/c1-25(2,3)20-13-14-21(23(17-20)26(4,5)6)22-16-19(18-10-8-7-9-11-18)12-15-24(22)28-31-29-30-27/h7-17,27,30-31H,1-6H3. The van der Waals surface area contributed by atoms with Crippen LogP contribution in [0.25, 0.3) is 22.3 Å². The van der Waals surface area contributed by atoms with E-state index in [0.717, 1.165) is 28.0 Å². The summed E-state index contributed by atoms with van der Waals surface area (Å²) in [6.07, 6.45) is 0. The van der Waals surface area contributed by atoms with Gasteiger partial charge in [-0.25, -0.2) is 0 Å². The van der Waals surface area contributed by atoms with Gasteiger partial charge in [-0.05, 0) is 50.8 Å². The van der Waals surface area contributed by atoms with Gasteiger partial charge in [0.15, 0.2) is 9.03 Å². The molecule has 3 rings (SSSR count). The molecule has 0 aliphatic heterocycles. The molecule has 1 N–H and O–H groups in total. The van der Waals surface area contributed by atoms with E-state index >= 15 is 0 Å². The molecule has 3 aromatic carbocycles. The van der Waals surface area contributed by atoms with Crippen LogP contribution < -0.4 is 4.52 Å². The van der Waals surface area contributed by atoms with Crippen LogP contribution in [-0.4, -0.2) is 4.89 Å². The van der Waals surface area contributed by atoms with Crippen LogP contribution in [0.3, 0.4) is 0 Å². The summed E-state index contributed by atoms with van der Waals surface area (Å²) >= 11 is 0. The molecule has 0 bridgehead atoms. The quantitative estimate of drug-likeness (QED) is 0.303. The molecule has 164 valence electrons. The van der Waals surface area contributed by atoms with E-state index < -0.39 is 9.03 Å². The fourth-order valence-electron chi connectivity index (χ4n) is 3.59. The minimum Gasteiger partial charge on any atom is -0.449 e. The van der Waals surface area contributed by atoms with Gasteiger partial charge < -0.3 is 9.42 Å². The lowest BCUT2D eigenvalue weighted by Gasteiger charge is -2.28. The Morgan fingerprint density at radius 3 is 2.03 bits per heavy atom. The van der Waals surface area contributed by atoms with Crippen molar-refractivity contribution in [3.8, 4) is 28.0 Å². The molecule has 0 fully saturated rings. The minimum absolute atomic E-state index is 0.0398. The van der Waals surface area contributed by atoms with Gasteiger partial charge >= 0.3 is 0 Å². The third kappa shape index (κ3) is 5.93. The fourth-order valence-corrected chi connectivity index (χ4v) is 4.17. The van der Waals surface area contributed by atoms with Gasteiger partial charge in [0.1, 0.15) is 5.75 Å². The van der Waals surface area contributed by atoms with E-state index in [9.17, 15) is 0 Å². The number of hydrogen-bond donors (Lipinski definition) is 1. The average molecular weight is 454 g/mol. The monoisotopic (exact) mass is 454 g/mol. The molecular formula is C26H32O3P2. The summed E-state index contributed by atoms with van der Waals surface area (Å²) in [6, 6.07) is 23.4. The molecule has 2 unspecified atom stereocenters. The van der Waals surface area contributed by atoms with Crippen LogP contribution in [0.15, 0.2) is 66.7 Å². The zero-order chi connectivity index (χ0) is 22.6. The molecule has 2 atom stereocenters. The van der Waals surface area contributed by atoms with Crippen LogP contribution in [0.4, 0.5) is 0 Å². The van der Waals surface area contributed by atoms with Crippen molar-refractivity contribution in [1.29, 1.82) is 0 Å². The molecule has 3 aromatic rings. The maximum atomic E-state index is 9.01. The first-order valence-corrected chi connectivity index (χ1v) is 12.1. The summed E-state index contributed by atoms with van der Waals surface area (Å²) in [4.78, 5) is 9.01. The molecule has 0 amide bonds. The third-order valence-corrected chi connectivity index (χ3v) is 6.31. The second kappa shape index (κ2) is 9.80. The first kappa shape index (κ1) is 23.9. The van der Waals surface area contributed by atoms with Crippen molar-refractivity contribution in [2.75, 3.05) is 0 Å². The van der Waals surface area contributed by atoms with Gasteiger partial charge in [-0.1, -0.05) is 96.1 Å². The van der Waals surface area contributed by atoms with E-state index in [4.69, 9.17) is 13.7 Å². The molecule has 0 saturated heterocycles. The van der Waals surface area contributed by atoms with E-state index in [0.29, 0.717) is 0 Å². The van der Waals surface area contributed by atoms with E-state index in [1.54, 1.807) is 0 Å². The van der Waals surface area contributed by atoms with Gasteiger partial charge in [-0.15, -0.1) is 0 Å². The van der Waals surface area contributed by atoms with Crippen LogP contribution in [0.2, 0.25) is 0 Å². The average Bonchev–Trinajstić information content (AvgIpc) is 2.73. The van der Waals surface area contributed by atoms with Gasteiger partial charge in [-0.2, -0.15) is 0 Å². The molecule has 0 aromatic heterocycles. The second-order valence-corrected chi connectivity index (χ2v) is 11.1. The molecule has 0 saturated carbocycles. The van der Waals surface area contributed by atoms with Crippen LogP contribution in [0.5, 0.6) is 5.75 Å². The zero-order valence-corrected chi connectivity index (χ0v) is 21.1. The molecule has 0 heterocycles. The Hall–Kier alpha value is -1.76. The highest BCUT2D eigenvalue weighted by molar-refractivity contribution is 7.40. The molecule has 3 nitrogen and oxygen atoms in total. The van der Waals surface area contributed by atoms with E-state index in [1.807, 2.05) is 12.1 Å². The molecule has 0 aliphatic carbocycles. The lowest BCUT2D eigenvalue weighted by atomic mass is 9.77. The number of benzene rings is 3. The van der Waals surface area contributed by atoms with Crippen molar-refractivity contribution in [1.82, 2.24) is 0 Å². The van der Waals surface area contributed by atoms with E-state index in [1.165, 1.54) is 11.1 Å². The Balaban J connectivity index is 2.21. The number of rotatable bonds is 6. The molecular weight excluding hydrogens is 422 g/mol. The lowest BCUT2D eigenvalue weighted by molar-refractivity contribution is 0.498. The fraction of sp³-hybridized carbons (Fsp3) is 0.308. The van der Waals surface area contributed by atoms with E-state index in [2.05, 4.69) is 96.1 Å². The summed E-state index contributed by atoms with van der Waals surface area (Å²) in [7, 11) is -0.836. The molecule has 0 spiro atoms. The van der Waals surface area contributed by atoms with Gasteiger partial charge in [0.2, 0.25) is 9.03 Å². The zero-order valence-electron chi connectivity index (χ0n) is 19.1. The van der Waals surface area contributed by atoms with Gasteiger partial charge in [0.05, 0.1) is 0 Å². The molecule has 0 radical (unpaired) electrons. The van der Waals surface area contributed by atoms with Crippen molar-refractivity contribution >= 4 is 18.1 Å². The maximum Gasteiger partial charge on any atom is 0.220 e. The normalized spacial score (nSPS) is 12.9. The highest BCUT2D eigenvalue weighted by Gasteiger charge is 2.24. The van der Waals surface area contributed by atoms with Gasteiger partial charge in [-0.3, -0.25) is 4.31 Å². The Bertz CT molecular complexity index is 1020. The van der Waals surface area contributed by atoms with Crippen molar-refractivity contribution < 1.29 is 13.7 Å². The van der Waals surface area contributed by atoms with Crippen LogP contribution in [0.1, 0.15) is 52.7 Å². The second-order valence-electron chi connectivity index (χ2n) is 9.72. The Morgan fingerprint density at radius 1 is 0.710 bits per heavy atom. The SMILES string of the molecule is CC(C)(C)c1ccc(-c2cc(-c3ccccc3)ccc2OPOPO)c(C(C)(C)C)c1. The summed E-state index contributed by atoms with van der Waals surface area (Å²) in [5.74, 6) is 0.755. The van der Waals surface area contributed by atoms with Crippen molar-refractivity contribution in [2.24, 2.45) is 0 Å². The Kier molecular flexibility index (Phi) is 7.55. The maximum absolute atomic E-state index is 9.01. The van der Waals surface area contributed by atoms with E-state index in [-0.39, 0.29) is 19.9 Å². The molecule has 5 heteroatoms. The summed E-state index contributed by atoms with van der Waals surface area (Å²) in [5, 5.41) is 0. The predicted molar refractivity (Wildman–Crippen MR) is 135 cm³/mol. The molecule has 31 heavy (non-hydrogen) atoms. The number of hydrogen-bond acceptors (Lipinski definition) is 3. The summed E-state index contributed by atoms with van der Waals surface area (Å²) in [6.45, 7) is 13.5. The topological polar surface area (TPSA) is 38.7 Å². The summed E-state index contributed by atoms with van der Waals surface area (Å²) in [5.41, 5.74) is 7.11. The highest BCUT2D eigenvalue weighted by Crippen LogP contribution is 2.43. The van der Waals surface area contributed by atoms with Crippen LogP contribution in [0, 0.1) is 0 Å². The first-order chi connectivity index (χ1) is 14.6. The van der Waals surface area contributed by atoms with Crippen LogP contribution >= 0.6 is 18.1 Å². The van der Waals surface area contributed by atoms with Gasteiger partial charge in [0, 0.05) is 5.56 Å². The van der Waals surface area contributed by atoms with Crippen molar-refractivity contribution in [3.63, 3.8) is 0 Å². The first-order valence-electron chi connectivity index (χ1n) is 10.4. The minimum atomic E-state index is -0.584. The largest absolute Gasteiger partial charge is 0.449 e. The Labute approximate surface area is 190 Å². The third-order valence-electron chi connectivity index (χ3n) is 5.31. The van der Waals surface area contributed by atoms with Crippen molar-refractivity contribution in [3.05, 3.63) is 77.9 Å². The highest BCUT2D eigenvalue weighted by atomic mass is 31.2. The van der Waals surface area contributed by atoms with Crippen LogP contribution in [-0.2, 0) is 15.1 Å². The Morgan fingerprint density at radius 2 is 1.42 bits per heavy atom. The van der Waals surface area contributed by atoms with Crippen molar-refractivity contribution in [2.45, 2.75) is 52.4 Å². The predicted octanol–water partition coefficient (Wildman–Crippen LogP) is 8.02. The smallest absolute Gasteiger partial charge is 0.220 e. The molecule has 0 aliphatic rings. The summed E-state index contributed by atoms with van der Waals surface area (Å²) < 4.78 is 11.0. The van der Waals surface area contributed by atoms with Gasteiger partial charge in [0.25, 0.3) is 0 Å². The lowest BCUT2D eigenvalue weighted by Crippen LogP contribution is -2.17.